The summed E-state index contributed by atoms with van der Waals surface area (Å²) in [6.45, 7) is 2.90. The zero-order valence-corrected chi connectivity index (χ0v) is 16.6. The number of anilines is 2. The van der Waals surface area contributed by atoms with Crippen LogP contribution in [0.5, 0.6) is 0 Å². The second-order valence-corrected chi connectivity index (χ2v) is 6.86. The third-order valence-electron chi connectivity index (χ3n) is 4.62. The third kappa shape index (κ3) is 5.35. The summed E-state index contributed by atoms with van der Waals surface area (Å²) in [6.07, 6.45) is 0.205. The van der Waals surface area contributed by atoms with E-state index in [1.54, 1.807) is 25.4 Å². The third-order valence-corrected chi connectivity index (χ3v) is 4.62. The van der Waals surface area contributed by atoms with Crippen LogP contribution in [0, 0.1) is 12.8 Å². The van der Waals surface area contributed by atoms with Crippen molar-refractivity contribution in [2.45, 2.75) is 32.9 Å². The molecular formula is C19H23F3N6O2. The molecule has 30 heavy (non-hydrogen) atoms. The van der Waals surface area contributed by atoms with Crippen LogP contribution >= 0.6 is 0 Å². The highest BCUT2D eigenvalue weighted by Crippen LogP contribution is 2.32. The highest BCUT2D eigenvalue weighted by molar-refractivity contribution is 5.79. The maximum absolute atomic E-state index is 12.6. The number of aliphatic hydroxyl groups is 1. The smallest absolute Gasteiger partial charge is 0.405 e. The number of hydrogen-bond donors (Lipinski definition) is 3. The van der Waals surface area contributed by atoms with E-state index < -0.39 is 12.7 Å². The van der Waals surface area contributed by atoms with Gasteiger partial charge in [-0.3, -0.25) is 4.98 Å². The number of hydrogen-bond acceptors (Lipinski definition) is 8. The van der Waals surface area contributed by atoms with Gasteiger partial charge in [0.1, 0.15) is 23.4 Å². The Balaban J connectivity index is 1.94. The lowest BCUT2D eigenvalue weighted by molar-refractivity contribution is -0.115. The molecule has 3 rings (SSSR count). The Morgan fingerprint density at radius 2 is 2.00 bits per heavy atom. The molecule has 3 N–H and O–H groups in total. The summed E-state index contributed by atoms with van der Waals surface area (Å²) in [7, 11) is 0. The molecular weight excluding hydrogens is 401 g/mol. The summed E-state index contributed by atoms with van der Waals surface area (Å²) in [5.74, 6) is 0.513. The molecule has 3 aromatic heterocycles. The number of pyridine rings is 1. The van der Waals surface area contributed by atoms with Gasteiger partial charge in [0.2, 0.25) is 11.8 Å². The van der Waals surface area contributed by atoms with Gasteiger partial charge in [-0.05, 0) is 19.3 Å². The van der Waals surface area contributed by atoms with Gasteiger partial charge in [-0.15, -0.1) is 0 Å². The molecule has 0 spiro atoms. The lowest BCUT2D eigenvalue weighted by atomic mass is 10.0. The summed E-state index contributed by atoms with van der Waals surface area (Å²) in [5, 5.41) is 14.7. The molecule has 0 saturated carbocycles. The minimum Gasteiger partial charge on any atom is -0.436 e. The Kier molecular flexibility index (Phi) is 6.70. The molecule has 8 nitrogen and oxygen atoms in total. The van der Waals surface area contributed by atoms with E-state index in [0.717, 1.165) is 6.42 Å². The number of fused-ring (bicyclic) bond motifs is 1. The number of oxazole rings is 1. The summed E-state index contributed by atoms with van der Waals surface area (Å²) >= 11 is 0. The topological polar surface area (TPSA) is 109 Å². The van der Waals surface area contributed by atoms with Gasteiger partial charge >= 0.3 is 6.18 Å². The lowest BCUT2D eigenvalue weighted by Gasteiger charge is -2.16. The summed E-state index contributed by atoms with van der Waals surface area (Å²) in [4.78, 5) is 16.8. The van der Waals surface area contributed by atoms with Gasteiger partial charge in [0.25, 0.3) is 0 Å². The molecule has 3 aromatic rings. The van der Waals surface area contributed by atoms with Gasteiger partial charge in [-0.2, -0.15) is 18.2 Å². The second-order valence-electron chi connectivity index (χ2n) is 6.86. The molecule has 1 atom stereocenters. The fourth-order valence-corrected chi connectivity index (χ4v) is 2.92. The highest BCUT2D eigenvalue weighted by atomic mass is 19.4. The summed E-state index contributed by atoms with van der Waals surface area (Å²) in [5.41, 5.74) is 1.94. The van der Waals surface area contributed by atoms with Crippen LogP contribution in [0.15, 0.2) is 22.9 Å². The van der Waals surface area contributed by atoms with E-state index in [0.29, 0.717) is 41.1 Å². The quantitative estimate of drug-likeness (QED) is 0.476. The van der Waals surface area contributed by atoms with Gasteiger partial charge < -0.3 is 20.2 Å². The molecule has 0 amide bonds. The Hall–Kier alpha value is -2.95. The molecule has 3 heterocycles. The van der Waals surface area contributed by atoms with Crippen LogP contribution in [0.4, 0.5) is 24.9 Å². The Morgan fingerprint density at radius 1 is 1.20 bits per heavy atom. The number of aryl methyl sites for hydroxylation is 1. The molecule has 162 valence electrons. The van der Waals surface area contributed by atoms with Gasteiger partial charge in [0.05, 0.1) is 11.9 Å². The molecule has 0 saturated heterocycles. The number of rotatable bonds is 9. The first kappa shape index (κ1) is 21.8. The minimum atomic E-state index is -4.40. The van der Waals surface area contributed by atoms with Crippen LogP contribution in [0.25, 0.3) is 22.6 Å². The molecule has 0 radical (unpaired) electrons. The van der Waals surface area contributed by atoms with E-state index in [2.05, 4.69) is 30.6 Å². The predicted molar refractivity (Wildman–Crippen MR) is 106 cm³/mol. The molecule has 0 aliphatic rings. The molecule has 11 heteroatoms. The first-order chi connectivity index (χ1) is 14.3. The van der Waals surface area contributed by atoms with E-state index in [4.69, 9.17) is 4.42 Å². The van der Waals surface area contributed by atoms with Crippen LogP contribution in [-0.2, 0) is 0 Å². The standard InChI is InChI=1S/C19H23F3N6O2/c1-3-12(9-29)4-7-24-16-15(17-27-13-8-23-6-5-14(13)30-17)11(2)26-18(28-16)25-10-19(20,21)22/h5-6,8,12,29H,3-4,7,9-10H2,1-2H3,(H2,24,25,26,28). The molecule has 0 aliphatic heterocycles. The van der Waals surface area contributed by atoms with Crippen LogP contribution in [0.3, 0.4) is 0 Å². The summed E-state index contributed by atoms with van der Waals surface area (Å²) in [6, 6.07) is 1.67. The van der Waals surface area contributed by atoms with Crippen LogP contribution in [-0.4, -0.2) is 50.9 Å². The number of aromatic nitrogens is 4. The van der Waals surface area contributed by atoms with Crippen molar-refractivity contribution in [3.63, 3.8) is 0 Å². The number of nitrogens with zero attached hydrogens (tertiary/aromatic N) is 4. The van der Waals surface area contributed by atoms with E-state index in [1.165, 1.54) is 0 Å². The van der Waals surface area contributed by atoms with E-state index in [9.17, 15) is 18.3 Å². The van der Waals surface area contributed by atoms with E-state index in [-0.39, 0.29) is 24.4 Å². The van der Waals surface area contributed by atoms with Crippen molar-refractivity contribution in [2.24, 2.45) is 5.92 Å². The van der Waals surface area contributed by atoms with Crippen LogP contribution < -0.4 is 10.6 Å². The minimum absolute atomic E-state index is 0.0599. The largest absolute Gasteiger partial charge is 0.436 e. The fourth-order valence-electron chi connectivity index (χ4n) is 2.92. The summed E-state index contributed by atoms with van der Waals surface area (Å²) < 4.78 is 43.5. The SMILES string of the molecule is CCC(CO)CCNc1nc(NCC(F)(F)F)nc(C)c1-c1nc2cnccc2o1. The van der Waals surface area contributed by atoms with Crippen molar-refractivity contribution in [2.75, 3.05) is 30.3 Å². The Morgan fingerprint density at radius 3 is 2.67 bits per heavy atom. The Bertz CT molecular complexity index is 955. The van der Waals surface area contributed by atoms with Gasteiger partial charge in [-0.1, -0.05) is 13.3 Å². The van der Waals surface area contributed by atoms with Gasteiger partial charge in [0, 0.05) is 25.4 Å². The zero-order valence-electron chi connectivity index (χ0n) is 16.6. The average Bonchev–Trinajstić information content (AvgIpc) is 3.12. The number of alkyl halides is 3. The van der Waals surface area contributed by atoms with E-state index >= 15 is 0 Å². The molecule has 0 aliphatic carbocycles. The predicted octanol–water partition coefficient (Wildman–Crippen LogP) is 3.78. The van der Waals surface area contributed by atoms with Crippen molar-refractivity contribution in [3.8, 4) is 11.5 Å². The number of nitrogens with one attached hydrogen (secondary N) is 2. The monoisotopic (exact) mass is 424 g/mol. The van der Waals surface area contributed by atoms with Crippen molar-refractivity contribution in [1.82, 2.24) is 19.9 Å². The van der Waals surface area contributed by atoms with E-state index in [1.807, 2.05) is 6.92 Å². The van der Waals surface area contributed by atoms with Crippen molar-refractivity contribution >= 4 is 22.9 Å². The first-order valence-electron chi connectivity index (χ1n) is 9.55. The van der Waals surface area contributed by atoms with Gasteiger partial charge in [-0.25, -0.2) is 9.97 Å². The van der Waals surface area contributed by atoms with Crippen molar-refractivity contribution < 1.29 is 22.7 Å². The lowest BCUT2D eigenvalue weighted by Crippen LogP contribution is -2.23. The maximum Gasteiger partial charge on any atom is 0.405 e. The molecule has 0 fully saturated rings. The van der Waals surface area contributed by atoms with Crippen LogP contribution in [0.2, 0.25) is 0 Å². The highest BCUT2D eigenvalue weighted by Gasteiger charge is 2.28. The van der Waals surface area contributed by atoms with Crippen molar-refractivity contribution in [3.05, 3.63) is 24.2 Å². The second kappa shape index (κ2) is 9.24. The maximum atomic E-state index is 12.6. The molecule has 1 unspecified atom stereocenters. The molecule has 0 aromatic carbocycles. The Labute approximate surface area is 171 Å². The number of aliphatic hydroxyl groups excluding tert-OH is 1. The first-order valence-corrected chi connectivity index (χ1v) is 9.55. The van der Waals surface area contributed by atoms with Crippen molar-refractivity contribution in [1.29, 1.82) is 0 Å². The zero-order chi connectivity index (χ0) is 21.7. The molecule has 0 bridgehead atoms. The van der Waals surface area contributed by atoms with Crippen LogP contribution in [0.1, 0.15) is 25.5 Å². The van der Waals surface area contributed by atoms with Gasteiger partial charge in [0.15, 0.2) is 5.58 Å². The normalized spacial score (nSPS) is 12.9. The average molecular weight is 424 g/mol. The fraction of sp³-hybridized carbons (Fsp3) is 0.474. The number of halogens is 3.